The van der Waals surface area contributed by atoms with Gasteiger partial charge in [0, 0.05) is 12.6 Å². The van der Waals surface area contributed by atoms with Crippen LogP contribution < -0.4 is 5.32 Å². The van der Waals surface area contributed by atoms with E-state index in [1.807, 2.05) is 0 Å². The Balaban J connectivity index is 1.55. The van der Waals surface area contributed by atoms with Crippen molar-refractivity contribution in [2.75, 3.05) is 6.54 Å². The molecule has 1 N–H and O–H groups in total. The highest BCUT2D eigenvalue weighted by atomic mass is 19.1. The minimum Gasteiger partial charge on any atom is -0.310 e. The van der Waals surface area contributed by atoms with Gasteiger partial charge in [-0.1, -0.05) is 37.1 Å². The van der Waals surface area contributed by atoms with Crippen molar-refractivity contribution in [3.8, 4) is 0 Å². The maximum absolute atomic E-state index is 14.2. The fraction of sp³-hybridized carbons (Fsp3) is 0.600. The summed E-state index contributed by atoms with van der Waals surface area (Å²) in [6.07, 6.45) is 5.74. The largest absolute Gasteiger partial charge is 0.310 e. The van der Waals surface area contributed by atoms with E-state index in [0.29, 0.717) is 12.6 Å². The number of rotatable bonds is 3. The Kier molecular flexibility index (Phi) is 2.91. The van der Waals surface area contributed by atoms with Crippen LogP contribution in [0.1, 0.15) is 36.8 Å². The van der Waals surface area contributed by atoms with Gasteiger partial charge in [-0.05, 0) is 36.8 Å². The van der Waals surface area contributed by atoms with Gasteiger partial charge in [0.05, 0.1) is 0 Å². The van der Waals surface area contributed by atoms with Gasteiger partial charge in [0.15, 0.2) is 0 Å². The molecule has 0 atom stereocenters. The minimum atomic E-state index is -0.922. The van der Waals surface area contributed by atoms with Gasteiger partial charge in [-0.2, -0.15) is 0 Å². The van der Waals surface area contributed by atoms with Crippen molar-refractivity contribution in [2.45, 2.75) is 50.2 Å². The Labute approximate surface area is 102 Å². The fourth-order valence-electron chi connectivity index (χ4n) is 3.22. The quantitative estimate of drug-likeness (QED) is 0.846. The molecule has 0 amide bonds. The highest BCUT2D eigenvalue weighted by Gasteiger charge is 2.34. The average molecular weight is 233 g/mol. The van der Waals surface area contributed by atoms with Crippen LogP contribution >= 0.6 is 0 Å². The molecule has 0 heterocycles. The molecule has 2 aliphatic carbocycles. The number of benzene rings is 1. The highest BCUT2D eigenvalue weighted by molar-refractivity contribution is 5.33. The Morgan fingerprint density at radius 1 is 1.12 bits per heavy atom. The Morgan fingerprint density at radius 2 is 1.71 bits per heavy atom. The first-order valence-corrected chi connectivity index (χ1v) is 6.74. The fourth-order valence-corrected chi connectivity index (χ4v) is 3.22. The van der Waals surface area contributed by atoms with Crippen LogP contribution in [-0.2, 0) is 12.8 Å². The lowest BCUT2D eigenvalue weighted by Gasteiger charge is -2.22. The number of hydrogen-bond donors (Lipinski definition) is 1. The summed E-state index contributed by atoms with van der Waals surface area (Å²) in [5.74, 6) is 0. The summed E-state index contributed by atoms with van der Waals surface area (Å²) in [6, 6.07) is 9.01. The zero-order chi connectivity index (χ0) is 11.7. The van der Waals surface area contributed by atoms with Crippen molar-refractivity contribution >= 4 is 0 Å². The molecule has 0 aliphatic heterocycles. The number of nitrogens with one attached hydrogen (secondary N) is 1. The highest BCUT2D eigenvalue weighted by Crippen LogP contribution is 2.33. The van der Waals surface area contributed by atoms with Gasteiger partial charge in [0.1, 0.15) is 5.67 Å². The van der Waals surface area contributed by atoms with E-state index in [-0.39, 0.29) is 0 Å². The summed E-state index contributed by atoms with van der Waals surface area (Å²) in [5, 5.41) is 3.44. The van der Waals surface area contributed by atoms with E-state index in [9.17, 15) is 4.39 Å². The Bertz CT molecular complexity index is 371. The third kappa shape index (κ3) is 2.37. The van der Waals surface area contributed by atoms with Gasteiger partial charge in [-0.3, -0.25) is 0 Å². The van der Waals surface area contributed by atoms with Gasteiger partial charge in [-0.15, -0.1) is 0 Å². The number of fused-ring (bicyclic) bond motifs is 1. The number of hydrogen-bond acceptors (Lipinski definition) is 1. The molecule has 92 valence electrons. The summed E-state index contributed by atoms with van der Waals surface area (Å²) >= 11 is 0. The second-order valence-electron chi connectivity index (χ2n) is 5.61. The predicted molar refractivity (Wildman–Crippen MR) is 67.9 cm³/mol. The molecule has 17 heavy (non-hydrogen) atoms. The van der Waals surface area contributed by atoms with E-state index in [2.05, 4.69) is 29.6 Å². The molecule has 0 spiro atoms. The SMILES string of the molecule is FC1(CNC2Cc3ccccc3C2)CCCC1. The zero-order valence-electron chi connectivity index (χ0n) is 10.2. The monoisotopic (exact) mass is 233 g/mol. The summed E-state index contributed by atoms with van der Waals surface area (Å²) in [7, 11) is 0. The lowest BCUT2D eigenvalue weighted by molar-refractivity contribution is 0.162. The van der Waals surface area contributed by atoms with Gasteiger partial charge < -0.3 is 5.32 Å². The first-order valence-electron chi connectivity index (χ1n) is 6.74. The normalized spacial score (nSPS) is 22.9. The van der Waals surface area contributed by atoms with Crippen LogP contribution in [-0.4, -0.2) is 18.3 Å². The van der Waals surface area contributed by atoms with Crippen molar-refractivity contribution in [1.82, 2.24) is 5.32 Å². The molecule has 0 aromatic heterocycles. The van der Waals surface area contributed by atoms with Crippen LogP contribution in [0.4, 0.5) is 4.39 Å². The van der Waals surface area contributed by atoms with E-state index in [4.69, 9.17) is 0 Å². The topological polar surface area (TPSA) is 12.0 Å². The molecule has 1 aromatic carbocycles. The molecule has 0 unspecified atom stereocenters. The lowest BCUT2D eigenvalue weighted by Crippen LogP contribution is -2.40. The van der Waals surface area contributed by atoms with Gasteiger partial charge in [0.2, 0.25) is 0 Å². The van der Waals surface area contributed by atoms with Crippen LogP contribution in [0, 0.1) is 0 Å². The maximum atomic E-state index is 14.2. The van der Waals surface area contributed by atoms with Crippen LogP contribution in [0.25, 0.3) is 0 Å². The summed E-state index contributed by atoms with van der Waals surface area (Å²) in [6.45, 7) is 0.547. The molecule has 1 fully saturated rings. The number of halogens is 1. The first kappa shape index (κ1) is 11.2. The molecular formula is C15H20FN. The molecule has 1 nitrogen and oxygen atoms in total. The standard InChI is InChI=1S/C15H20FN/c16-15(7-3-4-8-15)11-17-14-9-12-5-1-2-6-13(12)10-14/h1-2,5-6,14,17H,3-4,7-11H2. The minimum absolute atomic E-state index is 0.445. The molecule has 2 aliphatic rings. The van der Waals surface area contributed by atoms with E-state index in [1.54, 1.807) is 0 Å². The molecule has 0 saturated heterocycles. The van der Waals surface area contributed by atoms with E-state index in [1.165, 1.54) is 11.1 Å². The van der Waals surface area contributed by atoms with Gasteiger partial charge >= 0.3 is 0 Å². The average Bonchev–Trinajstić information content (AvgIpc) is 2.93. The summed E-state index contributed by atoms with van der Waals surface area (Å²) in [5.41, 5.74) is 1.95. The van der Waals surface area contributed by atoms with Crippen molar-refractivity contribution in [3.63, 3.8) is 0 Å². The molecule has 2 heteroatoms. The second kappa shape index (κ2) is 4.41. The molecule has 0 radical (unpaired) electrons. The van der Waals surface area contributed by atoms with E-state index < -0.39 is 5.67 Å². The van der Waals surface area contributed by atoms with Crippen LogP contribution in [0.3, 0.4) is 0 Å². The van der Waals surface area contributed by atoms with Gasteiger partial charge in [-0.25, -0.2) is 4.39 Å². The van der Waals surface area contributed by atoms with E-state index >= 15 is 0 Å². The summed E-state index contributed by atoms with van der Waals surface area (Å²) in [4.78, 5) is 0. The lowest BCUT2D eigenvalue weighted by atomic mass is 10.0. The third-order valence-electron chi connectivity index (χ3n) is 4.26. The van der Waals surface area contributed by atoms with Crippen molar-refractivity contribution in [2.24, 2.45) is 0 Å². The molecule has 1 aromatic rings. The first-order chi connectivity index (χ1) is 8.25. The molecule has 3 rings (SSSR count). The van der Waals surface area contributed by atoms with Crippen LogP contribution in [0.15, 0.2) is 24.3 Å². The van der Waals surface area contributed by atoms with E-state index in [0.717, 1.165) is 38.5 Å². The number of alkyl halides is 1. The smallest absolute Gasteiger partial charge is 0.123 e. The molecular weight excluding hydrogens is 213 g/mol. The summed E-state index contributed by atoms with van der Waals surface area (Å²) < 4.78 is 14.2. The van der Waals surface area contributed by atoms with Crippen molar-refractivity contribution in [1.29, 1.82) is 0 Å². The van der Waals surface area contributed by atoms with Crippen molar-refractivity contribution in [3.05, 3.63) is 35.4 Å². The second-order valence-corrected chi connectivity index (χ2v) is 5.61. The Morgan fingerprint density at radius 3 is 2.29 bits per heavy atom. The van der Waals surface area contributed by atoms with Crippen LogP contribution in [0.2, 0.25) is 0 Å². The van der Waals surface area contributed by atoms with Crippen LogP contribution in [0.5, 0.6) is 0 Å². The molecule has 1 saturated carbocycles. The third-order valence-corrected chi connectivity index (χ3v) is 4.26. The zero-order valence-corrected chi connectivity index (χ0v) is 10.2. The Hall–Kier alpha value is -0.890. The predicted octanol–water partition coefficient (Wildman–Crippen LogP) is 3.03. The maximum Gasteiger partial charge on any atom is 0.123 e. The van der Waals surface area contributed by atoms with Gasteiger partial charge in [0.25, 0.3) is 0 Å². The molecule has 0 bridgehead atoms. The van der Waals surface area contributed by atoms with Crippen molar-refractivity contribution < 1.29 is 4.39 Å².